The average Bonchev–Trinajstić information content (AvgIpc) is 2.35. The molecule has 0 saturated heterocycles. The van der Waals surface area contributed by atoms with Gasteiger partial charge in [-0.15, -0.1) is 0 Å². The number of amides is 2. The second kappa shape index (κ2) is 8.52. The highest BCUT2D eigenvalue weighted by Gasteiger charge is 1.96. The zero-order valence-electron chi connectivity index (χ0n) is 10.2. The van der Waals surface area contributed by atoms with Crippen molar-refractivity contribution in [3.63, 3.8) is 0 Å². The molecule has 0 aliphatic rings. The molecule has 0 aromatic carbocycles. The number of aromatic nitrogens is 1. The summed E-state index contributed by atoms with van der Waals surface area (Å²) in [5.41, 5.74) is 1.17. The van der Waals surface area contributed by atoms with Gasteiger partial charge in [0.05, 0.1) is 0 Å². The van der Waals surface area contributed by atoms with Gasteiger partial charge in [-0.3, -0.25) is 4.98 Å². The summed E-state index contributed by atoms with van der Waals surface area (Å²) < 4.78 is 0. The predicted molar refractivity (Wildman–Crippen MR) is 67.6 cm³/mol. The quantitative estimate of drug-likeness (QED) is 0.616. The highest BCUT2D eigenvalue weighted by Crippen LogP contribution is 1.93. The summed E-state index contributed by atoms with van der Waals surface area (Å²) in [6.45, 7) is 4.93. The lowest BCUT2D eigenvalue weighted by Gasteiger charge is -2.06. The SMILES string of the molecule is CCNC(=O)NCCCNCc1cccnc1. The molecule has 1 rings (SSSR count). The van der Waals surface area contributed by atoms with Gasteiger partial charge < -0.3 is 16.0 Å². The second-order valence-corrected chi connectivity index (χ2v) is 3.68. The summed E-state index contributed by atoms with van der Waals surface area (Å²) in [6.07, 6.45) is 4.52. The number of carbonyl (C=O) groups is 1. The molecule has 1 heterocycles. The summed E-state index contributed by atoms with van der Waals surface area (Å²) in [5, 5.41) is 8.76. The number of rotatable bonds is 7. The van der Waals surface area contributed by atoms with Crippen molar-refractivity contribution >= 4 is 6.03 Å². The maximum absolute atomic E-state index is 11.0. The van der Waals surface area contributed by atoms with Crippen LogP contribution in [0.25, 0.3) is 0 Å². The first-order valence-corrected chi connectivity index (χ1v) is 5.94. The van der Waals surface area contributed by atoms with Gasteiger partial charge in [-0.05, 0) is 31.5 Å². The van der Waals surface area contributed by atoms with E-state index in [9.17, 15) is 4.79 Å². The van der Waals surface area contributed by atoms with Crippen molar-refractivity contribution in [3.05, 3.63) is 30.1 Å². The van der Waals surface area contributed by atoms with Crippen molar-refractivity contribution in [1.82, 2.24) is 20.9 Å². The average molecular weight is 236 g/mol. The number of nitrogens with one attached hydrogen (secondary N) is 3. The first-order chi connectivity index (χ1) is 8.33. The van der Waals surface area contributed by atoms with E-state index in [1.807, 2.05) is 25.3 Å². The zero-order chi connectivity index (χ0) is 12.3. The summed E-state index contributed by atoms with van der Waals surface area (Å²) in [6, 6.07) is 3.86. The number of nitrogens with zero attached hydrogens (tertiary/aromatic N) is 1. The lowest BCUT2D eigenvalue weighted by molar-refractivity contribution is 0.241. The number of hydrogen-bond donors (Lipinski definition) is 3. The van der Waals surface area contributed by atoms with Crippen LogP contribution in [0.2, 0.25) is 0 Å². The van der Waals surface area contributed by atoms with Crippen LogP contribution in [0.5, 0.6) is 0 Å². The van der Waals surface area contributed by atoms with Crippen molar-refractivity contribution in [1.29, 1.82) is 0 Å². The minimum absolute atomic E-state index is 0.0974. The molecule has 3 N–H and O–H groups in total. The molecule has 0 radical (unpaired) electrons. The van der Waals surface area contributed by atoms with Gasteiger partial charge in [0.15, 0.2) is 0 Å². The third-order valence-corrected chi connectivity index (χ3v) is 2.21. The summed E-state index contributed by atoms with van der Waals surface area (Å²) in [4.78, 5) is 15.1. The van der Waals surface area contributed by atoms with Gasteiger partial charge in [-0.2, -0.15) is 0 Å². The Morgan fingerprint density at radius 3 is 2.94 bits per heavy atom. The lowest BCUT2D eigenvalue weighted by atomic mass is 10.3. The molecular formula is C12H20N4O. The molecule has 5 nitrogen and oxygen atoms in total. The van der Waals surface area contributed by atoms with Crippen molar-refractivity contribution in [3.8, 4) is 0 Å². The summed E-state index contributed by atoms with van der Waals surface area (Å²) in [7, 11) is 0. The molecule has 0 aliphatic heterocycles. The zero-order valence-corrected chi connectivity index (χ0v) is 10.2. The van der Waals surface area contributed by atoms with Crippen molar-refractivity contribution in [2.45, 2.75) is 19.9 Å². The number of hydrogen-bond acceptors (Lipinski definition) is 3. The van der Waals surface area contributed by atoms with E-state index in [1.165, 1.54) is 5.56 Å². The van der Waals surface area contributed by atoms with E-state index in [-0.39, 0.29) is 6.03 Å². The van der Waals surface area contributed by atoms with Crippen LogP contribution in [0.1, 0.15) is 18.9 Å². The topological polar surface area (TPSA) is 66.1 Å². The smallest absolute Gasteiger partial charge is 0.314 e. The van der Waals surface area contributed by atoms with E-state index in [4.69, 9.17) is 0 Å². The first-order valence-electron chi connectivity index (χ1n) is 5.94. The highest BCUT2D eigenvalue weighted by molar-refractivity contribution is 5.73. The standard InChI is InChI=1S/C12H20N4O/c1-2-15-12(17)16-8-4-7-14-10-11-5-3-6-13-9-11/h3,5-6,9,14H,2,4,7-8,10H2,1H3,(H2,15,16,17). The van der Waals surface area contributed by atoms with E-state index in [0.717, 1.165) is 19.5 Å². The van der Waals surface area contributed by atoms with Crippen LogP contribution < -0.4 is 16.0 Å². The molecule has 0 bridgehead atoms. The van der Waals surface area contributed by atoms with Crippen LogP contribution in [-0.2, 0) is 6.54 Å². The monoisotopic (exact) mass is 236 g/mol. The Labute approximate surface area is 102 Å². The third-order valence-electron chi connectivity index (χ3n) is 2.21. The molecule has 0 saturated carbocycles. The Morgan fingerprint density at radius 1 is 1.35 bits per heavy atom. The van der Waals surface area contributed by atoms with Crippen LogP contribution in [-0.4, -0.2) is 30.6 Å². The maximum atomic E-state index is 11.0. The molecule has 1 aromatic heterocycles. The summed E-state index contributed by atoms with van der Waals surface area (Å²) >= 11 is 0. The van der Waals surface area contributed by atoms with Crippen LogP contribution in [0.15, 0.2) is 24.5 Å². The van der Waals surface area contributed by atoms with Crippen LogP contribution >= 0.6 is 0 Å². The highest BCUT2D eigenvalue weighted by atomic mass is 16.2. The van der Waals surface area contributed by atoms with Crippen molar-refractivity contribution < 1.29 is 4.79 Å². The Bertz CT molecular complexity index is 316. The Morgan fingerprint density at radius 2 is 2.24 bits per heavy atom. The number of urea groups is 1. The fourth-order valence-corrected chi connectivity index (χ4v) is 1.37. The normalized spacial score (nSPS) is 9.94. The molecule has 0 atom stereocenters. The van der Waals surface area contributed by atoms with E-state index in [0.29, 0.717) is 13.1 Å². The predicted octanol–water partition coefficient (Wildman–Crippen LogP) is 0.880. The Kier molecular flexibility index (Phi) is 6.74. The van der Waals surface area contributed by atoms with Crippen molar-refractivity contribution in [2.24, 2.45) is 0 Å². The van der Waals surface area contributed by atoms with Gasteiger partial charge in [-0.25, -0.2) is 4.79 Å². The fourth-order valence-electron chi connectivity index (χ4n) is 1.37. The third kappa shape index (κ3) is 6.52. The van der Waals surface area contributed by atoms with Gasteiger partial charge in [0, 0.05) is 32.0 Å². The molecule has 94 valence electrons. The largest absolute Gasteiger partial charge is 0.338 e. The molecule has 2 amide bonds. The number of pyridine rings is 1. The van der Waals surface area contributed by atoms with Gasteiger partial charge in [-0.1, -0.05) is 6.07 Å². The molecule has 17 heavy (non-hydrogen) atoms. The van der Waals surface area contributed by atoms with Gasteiger partial charge >= 0.3 is 6.03 Å². The minimum atomic E-state index is -0.0974. The van der Waals surface area contributed by atoms with Crippen LogP contribution in [0, 0.1) is 0 Å². The Balaban J connectivity index is 1.96. The Hall–Kier alpha value is -1.62. The van der Waals surface area contributed by atoms with Gasteiger partial charge in [0.1, 0.15) is 0 Å². The van der Waals surface area contributed by atoms with E-state index in [1.54, 1.807) is 6.20 Å². The minimum Gasteiger partial charge on any atom is -0.338 e. The maximum Gasteiger partial charge on any atom is 0.314 e. The van der Waals surface area contributed by atoms with E-state index >= 15 is 0 Å². The first kappa shape index (κ1) is 13.4. The van der Waals surface area contributed by atoms with Gasteiger partial charge in [0.25, 0.3) is 0 Å². The van der Waals surface area contributed by atoms with Crippen LogP contribution in [0.3, 0.4) is 0 Å². The molecular weight excluding hydrogens is 216 g/mol. The van der Waals surface area contributed by atoms with Crippen molar-refractivity contribution in [2.75, 3.05) is 19.6 Å². The lowest BCUT2D eigenvalue weighted by Crippen LogP contribution is -2.36. The van der Waals surface area contributed by atoms with E-state index in [2.05, 4.69) is 20.9 Å². The molecule has 0 aliphatic carbocycles. The van der Waals surface area contributed by atoms with Gasteiger partial charge in [0.2, 0.25) is 0 Å². The molecule has 0 spiro atoms. The number of carbonyl (C=O) groups excluding carboxylic acids is 1. The second-order valence-electron chi connectivity index (χ2n) is 3.68. The van der Waals surface area contributed by atoms with E-state index < -0.39 is 0 Å². The van der Waals surface area contributed by atoms with Crippen LogP contribution in [0.4, 0.5) is 4.79 Å². The molecule has 0 fully saturated rings. The fraction of sp³-hybridized carbons (Fsp3) is 0.500. The molecule has 1 aromatic rings. The molecule has 0 unspecified atom stereocenters. The molecule has 5 heteroatoms. The summed E-state index contributed by atoms with van der Waals surface area (Å²) in [5.74, 6) is 0.